The average Bonchev–Trinajstić information content (AvgIpc) is 2.32. The van der Waals surface area contributed by atoms with Crippen LogP contribution in [-0.2, 0) is 6.42 Å². The fourth-order valence-corrected chi connectivity index (χ4v) is 2.40. The molecule has 1 fully saturated rings. The van der Waals surface area contributed by atoms with Crippen molar-refractivity contribution in [2.45, 2.75) is 19.3 Å². The van der Waals surface area contributed by atoms with Crippen LogP contribution in [0.1, 0.15) is 18.4 Å². The van der Waals surface area contributed by atoms with Gasteiger partial charge in [-0.15, -0.1) is 0 Å². The number of nitrogens with one attached hydrogen (secondary N) is 1. The zero-order chi connectivity index (χ0) is 10.6. The van der Waals surface area contributed by atoms with Crippen LogP contribution in [0.3, 0.4) is 0 Å². The van der Waals surface area contributed by atoms with Crippen molar-refractivity contribution >= 4 is 0 Å². The highest BCUT2D eigenvalue weighted by Crippen LogP contribution is 2.29. The van der Waals surface area contributed by atoms with E-state index in [-0.39, 0.29) is 12.0 Å². The van der Waals surface area contributed by atoms with Crippen LogP contribution >= 0.6 is 0 Å². The molecule has 2 rings (SSSR count). The van der Waals surface area contributed by atoms with Crippen molar-refractivity contribution in [2.24, 2.45) is 5.41 Å². The maximum absolute atomic E-state index is 9.56. The van der Waals surface area contributed by atoms with E-state index in [4.69, 9.17) is 0 Å². The van der Waals surface area contributed by atoms with E-state index in [0.29, 0.717) is 0 Å². The molecule has 1 saturated heterocycles. The summed E-state index contributed by atoms with van der Waals surface area (Å²) in [5.41, 5.74) is 1.40. The van der Waals surface area contributed by atoms with E-state index in [9.17, 15) is 5.11 Å². The highest BCUT2D eigenvalue weighted by molar-refractivity contribution is 5.17. The molecule has 1 unspecified atom stereocenters. The largest absolute Gasteiger partial charge is 0.396 e. The quantitative estimate of drug-likeness (QED) is 0.785. The van der Waals surface area contributed by atoms with Crippen LogP contribution in [0, 0.1) is 5.41 Å². The zero-order valence-corrected chi connectivity index (χ0v) is 9.08. The van der Waals surface area contributed by atoms with Crippen LogP contribution < -0.4 is 5.32 Å². The summed E-state index contributed by atoms with van der Waals surface area (Å²) in [5, 5.41) is 12.9. The Morgan fingerprint density at radius 1 is 1.27 bits per heavy atom. The maximum atomic E-state index is 9.56. The van der Waals surface area contributed by atoms with E-state index < -0.39 is 0 Å². The van der Waals surface area contributed by atoms with E-state index in [1.54, 1.807) is 0 Å². The summed E-state index contributed by atoms with van der Waals surface area (Å²) in [6.07, 6.45) is 3.29. The van der Waals surface area contributed by atoms with Gasteiger partial charge in [0.05, 0.1) is 6.61 Å². The molecule has 1 aromatic carbocycles. The number of aliphatic hydroxyl groups is 1. The summed E-state index contributed by atoms with van der Waals surface area (Å²) in [5.74, 6) is 0. The third-order valence-corrected chi connectivity index (χ3v) is 3.32. The highest BCUT2D eigenvalue weighted by Gasteiger charge is 2.31. The molecule has 0 aromatic heterocycles. The van der Waals surface area contributed by atoms with Gasteiger partial charge in [0.15, 0.2) is 0 Å². The van der Waals surface area contributed by atoms with Gasteiger partial charge < -0.3 is 10.4 Å². The predicted octanol–water partition coefficient (Wildman–Crippen LogP) is 1.59. The molecule has 1 aliphatic heterocycles. The number of hydrogen-bond donors (Lipinski definition) is 2. The molecule has 2 heteroatoms. The van der Waals surface area contributed by atoms with E-state index >= 15 is 0 Å². The Morgan fingerprint density at radius 3 is 2.67 bits per heavy atom. The van der Waals surface area contributed by atoms with Crippen molar-refractivity contribution in [3.63, 3.8) is 0 Å². The SMILES string of the molecule is OCC1(Cc2ccccc2)CCCNC1. The third kappa shape index (κ3) is 2.58. The number of benzene rings is 1. The molecular formula is C13H19NO. The summed E-state index contributed by atoms with van der Waals surface area (Å²) in [4.78, 5) is 0. The highest BCUT2D eigenvalue weighted by atomic mass is 16.3. The number of aliphatic hydroxyl groups excluding tert-OH is 1. The standard InChI is InChI=1S/C13H19NO/c15-11-13(7-4-8-14-10-13)9-12-5-2-1-3-6-12/h1-3,5-6,14-15H,4,7-11H2. The minimum atomic E-state index is 0.0691. The van der Waals surface area contributed by atoms with Crippen LogP contribution in [0.4, 0.5) is 0 Å². The van der Waals surface area contributed by atoms with Gasteiger partial charge >= 0.3 is 0 Å². The van der Waals surface area contributed by atoms with Crippen LogP contribution in [0.5, 0.6) is 0 Å². The van der Waals surface area contributed by atoms with Crippen LogP contribution in [0.2, 0.25) is 0 Å². The molecule has 0 radical (unpaired) electrons. The lowest BCUT2D eigenvalue weighted by molar-refractivity contribution is 0.0948. The third-order valence-electron chi connectivity index (χ3n) is 3.32. The molecular weight excluding hydrogens is 186 g/mol. The molecule has 2 N–H and O–H groups in total. The molecule has 1 atom stereocenters. The Labute approximate surface area is 91.3 Å². The number of piperidine rings is 1. The van der Waals surface area contributed by atoms with E-state index in [1.165, 1.54) is 12.0 Å². The lowest BCUT2D eigenvalue weighted by Gasteiger charge is -2.36. The first-order valence-electron chi connectivity index (χ1n) is 5.70. The Morgan fingerprint density at radius 2 is 2.07 bits per heavy atom. The smallest absolute Gasteiger partial charge is 0.0502 e. The summed E-state index contributed by atoms with van der Waals surface area (Å²) in [6, 6.07) is 10.5. The van der Waals surface area contributed by atoms with Crippen molar-refractivity contribution < 1.29 is 5.11 Å². The molecule has 15 heavy (non-hydrogen) atoms. The van der Waals surface area contributed by atoms with Gasteiger partial charge in [0, 0.05) is 12.0 Å². The first kappa shape index (κ1) is 10.7. The molecule has 1 aromatic rings. The van der Waals surface area contributed by atoms with E-state index in [2.05, 4.69) is 29.6 Å². The lowest BCUT2D eigenvalue weighted by atomic mass is 9.76. The number of hydrogen-bond acceptors (Lipinski definition) is 2. The van der Waals surface area contributed by atoms with Crippen molar-refractivity contribution in [1.82, 2.24) is 5.32 Å². The zero-order valence-electron chi connectivity index (χ0n) is 9.08. The van der Waals surface area contributed by atoms with Gasteiger partial charge in [-0.3, -0.25) is 0 Å². The molecule has 0 bridgehead atoms. The van der Waals surface area contributed by atoms with Gasteiger partial charge in [-0.05, 0) is 31.4 Å². The van der Waals surface area contributed by atoms with Crippen molar-refractivity contribution in [3.8, 4) is 0 Å². The van der Waals surface area contributed by atoms with E-state index in [1.807, 2.05) is 6.07 Å². The first-order valence-corrected chi connectivity index (χ1v) is 5.70. The predicted molar refractivity (Wildman–Crippen MR) is 61.8 cm³/mol. The van der Waals surface area contributed by atoms with Gasteiger partial charge in [-0.1, -0.05) is 30.3 Å². The Hall–Kier alpha value is -0.860. The summed E-state index contributed by atoms with van der Waals surface area (Å²) >= 11 is 0. The van der Waals surface area contributed by atoms with Crippen LogP contribution in [-0.4, -0.2) is 24.8 Å². The molecule has 0 saturated carbocycles. The molecule has 2 nitrogen and oxygen atoms in total. The summed E-state index contributed by atoms with van der Waals surface area (Å²) < 4.78 is 0. The molecule has 0 amide bonds. The lowest BCUT2D eigenvalue weighted by Crippen LogP contribution is -2.44. The van der Waals surface area contributed by atoms with E-state index in [0.717, 1.165) is 25.9 Å². The fraction of sp³-hybridized carbons (Fsp3) is 0.538. The second-order valence-electron chi connectivity index (χ2n) is 4.60. The van der Waals surface area contributed by atoms with Gasteiger partial charge in [0.2, 0.25) is 0 Å². The van der Waals surface area contributed by atoms with Gasteiger partial charge in [0.1, 0.15) is 0 Å². The Balaban J connectivity index is 2.07. The molecule has 1 heterocycles. The Kier molecular flexibility index (Phi) is 3.39. The average molecular weight is 205 g/mol. The van der Waals surface area contributed by atoms with Crippen molar-refractivity contribution in [3.05, 3.63) is 35.9 Å². The molecule has 1 aliphatic rings. The van der Waals surface area contributed by atoms with Crippen LogP contribution in [0.25, 0.3) is 0 Å². The normalized spacial score (nSPS) is 26.5. The van der Waals surface area contributed by atoms with Gasteiger partial charge in [-0.25, -0.2) is 0 Å². The second-order valence-corrected chi connectivity index (χ2v) is 4.60. The van der Waals surface area contributed by atoms with Crippen molar-refractivity contribution in [2.75, 3.05) is 19.7 Å². The minimum absolute atomic E-state index is 0.0691. The number of rotatable bonds is 3. The minimum Gasteiger partial charge on any atom is -0.396 e. The first-order chi connectivity index (χ1) is 7.35. The van der Waals surface area contributed by atoms with Gasteiger partial charge in [-0.2, -0.15) is 0 Å². The summed E-state index contributed by atoms with van der Waals surface area (Å²) in [7, 11) is 0. The topological polar surface area (TPSA) is 32.3 Å². The molecule has 82 valence electrons. The Bertz CT molecular complexity index is 291. The summed E-state index contributed by atoms with van der Waals surface area (Å²) in [6.45, 7) is 2.32. The maximum Gasteiger partial charge on any atom is 0.0502 e. The van der Waals surface area contributed by atoms with Gasteiger partial charge in [0.25, 0.3) is 0 Å². The monoisotopic (exact) mass is 205 g/mol. The molecule has 0 aliphatic carbocycles. The fourth-order valence-electron chi connectivity index (χ4n) is 2.40. The molecule has 0 spiro atoms. The van der Waals surface area contributed by atoms with Crippen molar-refractivity contribution in [1.29, 1.82) is 0 Å². The van der Waals surface area contributed by atoms with Crippen LogP contribution in [0.15, 0.2) is 30.3 Å². The second kappa shape index (κ2) is 4.77.